The van der Waals surface area contributed by atoms with Crippen LogP contribution in [0.2, 0.25) is 0 Å². The molecule has 0 spiro atoms. The summed E-state index contributed by atoms with van der Waals surface area (Å²) in [7, 11) is 0. The van der Waals surface area contributed by atoms with Gasteiger partial charge in [-0.2, -0.15) is 5.26 Å². The minimum absolute atomic E-state index is 0.248. The normalized spacial score (nSPS) is 12.0. The van der Waals surface area contributed by atoms with Crippen molar-refractivity contribution < 1.29 is 4.42 Å². The fraction of sp³-hybridized carbons (Fsp3) is 0.0159. The van der Waals surface area contributed by atoms with Gasteiger partial charge in [0.2, 0.25) is 5.69 Å². The largest absolute Gasteiger partial charge is 0.456 e. The van der Waals surface area contributed by atoms with E-state index in [0.29, 0.717) is 11.4 Å². The maximum Gasteiger partial charge on any atom is 0.232 e. The highest BCUT2D eigenvalue weighted by molar-refractivity contribution is 6.20. The Morgan fingerprint density at radius 1 is 0.371 bits per heavy atom. The number of para-hydroxylation sites is 7. The monoisotopic (exact) mass is 892 g/mol. The van der Waals surface area contributed by atoms with Crippen molar-refractivity contribution >= 4 is 115 Å². The second-order valence-corrected chi connectivity index (χ2v) is 18.3. The van der Waals surface area contributed by atoms with Gasteiger partial charge < -0.3 is 22.7 Å². The van der Waals surface area contributed by atoms with Crippen LogP contribution in [0.5, 0.6) is 0 Å². The number of hydrogen-bond donors (Lipinski definition) is 0. The smallest absolute Gasteiger partial charge is 0.232 e. The van der Waals surface area contributed by atoms with Crippen LogP contribution in [0.4, 0.5) is 5.69 Å². The summed E-state index contributed by atoms with van der Waals surface area (Å²) in [6, 6.07) is 72.8. The number of nitrogens with zero attached hydrogens (tertiary/aromatic N) is 6. The van der Waals surface area contributed by atoms with Gasteiger partial charge >= 0.3 is 0 Å². The van der Waals surface area contributed by atoms with Gasteiger partial charge in [0.15, 0.2) is 0 Å². The molecule has 7 nitrogen and oxygen atoms in total. The van der Waals surface area contributed by atoms with E-state index >= 15 is 0 Å². The Kier molecular flexibility index (Phi) is 7.72. The highest BCUT2D eigenvalue weighted by Gasteiger charge is 2.35. The van der Waals surface area contributed by atoms with Crippen LogP contribution in [0, 0.1) is 24.8 Å². The summed E-state index contributed by atoms with van der Waals surface area (Å²) in [5.74, 6) is 0. The molecule has 0 aliphatic rings. The molecule has 0 atom stereocenters. The van der Waals surface area contributed by atoms with Gasteiger partial charge in [0.1, 0.15) is 11.2 Å². The maximum absolute atomic E-state index is 12.2. The van der Waals surface area contributed by atoms with Gasteiger partial charge in [0, 0.05) is 59.9 Å². The van der Waals surface area contributed by atoms with Crippen molar-refractivity contribution in [2.75, 3.05) is 0 Å². The Hall–Kier alpha value is -9.82. The molecule has 10 aromatic carbocycles. The van der Waals surface area contributed by atoms with Gasteiger partial charge in [0.25, 0.3) is 0 Å². The molecular weight excluding hydrogens is 857 g/mol. The summed E-state index contributed by atoms with van der Waals surface area (Å²) in [5, 5.41) is 22.7. The zero-order valence-corrected chi connectivity index (χ0v) is 37.6. The van der Waals surface area contributed by atoms with Gasteiger partial charge in [-0.25, -0.2) is 4.85 Å². The molecule has 0 saturated carbocycles. The van der Waals surface area contributed by atoms with Crippen molar-refractivity contribution in [2.24, 2.45) is 0 Å². The summed E-state index contributed by atoms with van der Waals surface area (Å²) >= 11 is 0. The fourth-order valence-corrected chi connectivity index (χ4v) is 11.8. The number of fused-ring (bicyclic) bond motifs is 15. The van der Waals surface area contributed by atoms with E-state index in [1.165, 1.54) is 0 Å². The first-order chi connectivity index (χ1) is 34.6. The van der Waals surface area contributed by atoms with E-state index < -0.39 is 0 Å². The van der Waals surface area contributed by atoms with Crippen LogP contribution in [-0.2, 0) is 0 Å². The van der Waals surface area contributed by atoms with Gasteiger partial charge in [-0.1, -0.05) is 139 Å². The maximum atomic E-state index is 12.2. The van der Waals surface area contributed by atoms with Crippen LogP contribution >= 0.6 is 0 Å². The molecule has 0 amide bonds. The third-order valence-corrected chi connectivity index (χ3v) is 14.6. The van der Waals surface area contributed by atoms with E-state index in [4.69, 9.17) is 4.42 Å². The number of benzene rings is 10. The molecular formula is C63H36N6O. The minimum atomic E-state index is 0.248. The van der Waals surface area contributed by atoms with E-state index in [1.807, 2.05) is 18.2 Å². The molecule has 0 saturated heterocycles. The van der Waals surface area contributed by atoms with E-state index in [2.05, 4.69) is 218 Å². The molecule has 0 unspecified atom stereocenters. The summed E-state index contributed by atoms with van der Waals surface area (Å²) < 4.78 is 15.9. The summed E-state index contributed by atoms with van der Waals surface area (Å²) in [6.45, 7) is 11.6. The van der Waals surface area contributed by atoms with Crippen LogP contribution in [0.15, 0.2) is 205 Å². The molecule has 15 aromatic rings. The van der Waals surface area contributed by atoms with Crippen LogP contribution in [0.1, 0.15) is 11.1 Å². The van der Waals surface area contributed by atoms with Gasteiger partial charge in [-0.15, -0.1) is 0 Å². The third kappa shape index (κ3) is 4.94. The van der Waals surface area contributed by atoms with Crippen LogP contribution in [-0.4, -0.2) is 18.3 Å². The SMILES string of the molecule is [C-]#[N+]c1c(C#N)c(-n2c3ccc(C)cc3c3cc4c(cc32)oc2ccccc24)c(-n2c3ccccc3c3ccccc32)c(-n2c3ccccc3c3ccccc32)c1-n1c2ccccc2c2ccccc21. The lowest BCUT2D eigenvalue weighted by Gasteiger charge is -2.28. The molecule has 0 aliphatic heterocycles. The van der Waals surface area contributed by atoms with Crippen molar-refractivity contribution in [3.05, 3.63) is 223 Å². The first kappa shape index (κ1) is 38.3. The predicted molar refractivity (Wildman–Crippen MR) is 287 cm³/mol. The Morgan fingerprint density at radius 2 is 0.757 bits per heavy atom. The molecule has 5 heterocycles. The highest BCUT2D eigenvalue weighted by Crippen LogP contribution is 2.52. The van der Waals surface area contributed by atoms with Crippen LogP contribution < -0.4 is 0 Å². The average Bonchev–Trinajstić information content (AvgIpc) is 4.20. The second-order valence-electron chi connectivity index (χ2n) is 18.3. The molecule has 0 aliphatic carbocycles. The summed E-state index contributed by atoms with van der Waals surface area (Å²) in [6.07, 6.45) is 0. The number of nitriles is 1. The van der Waals surface area contributed by atoms with Crippen molar-refractivity contribution in [1.29, 1.82) is 5.26 Å². The summed E-state index contributed by atoms with van der Waals surface area (Å²) in [5.41, 5.74) is 13.4. The zero-order valence-electron chi connectivity index (χ0n) is 37.6. The standard InChI is InChI=1S/C63H36N6O/c1-37-31-32-55-45(33-37)46-34-47-44-23-9-16-30-57(44)70-58(47)35-56(46)69(55)60-48(36-64)59(65-2)61(66-49-24-10-3-17-38(49)39-18-4-11-25-50(39)66)63(68-53-28-14-7-21-42(53)43-22-8-15-29-54(43)68)62(60)67-51-26-12-5-19-40(51)41-20-6-13-27-52(41)67/h3-35H,1H3. The number of aryl methyl sites for hydroxylation is 1. The lowest BCUT2D eigenvalue weighted by Crippen LogP contribution is -2.15. The zero-order chi connectivity index (χ0) is 46.4. The van der Waals surface area contributed by atoms with Gasteiger partial charge in [-0.3, -0.25) is 0 Å². The second kappa shape index (κ2) is 14.1. The first-order valence-corrected chi connectivity index (χ1v) is 23.4. The van der Waals surface area contributed by atoms with E-state index in [1.54, 1.807) is 0 Å². The fourth-order valence-electron chi connectivity index (χ4n) is 11.8. The predicted octanol–water partition coefficient (Wildman–Crippen LogP) is 16.7. The van der Waals surface area contributed by atoms with Crippen LogP contribution in [0.3, 0.4) is 0 Å². The quantitative estimate of drug-likeness (QED) is 0.165. The minimum Gasteiger partial charge on any atom is -0.456 e. The van der Waals surface area contributed by atoms with Crippen LogP contribution in [0.25, 0.3) is 137 Å². The number of hydrogen-bond acceptors (Lipinski definition) is 2. The molecule has 0 bridgehead atoms. The van der Waals surface area contributed by atoms with E-state index in [9.17, 15) is 11.8 Å². The number of furan rings is 1. The lowest BCUT2D eigenvalue weighted by molar-refractivity contribution is 0.669. The number of aromatic nitrogens is 4. The van der Waals surface area contributed by atoms with Gasteiger partial charge in [0.05, 0.1) is 85.1 Å². The number of rotatable bonds is 4. The van der Waals surface area contributed by atoms with Crippen molar-refractivity contribution in [1.82, 2.24) is 18.3 Å². The van der Waals surface area contributed by atoms with E-state index in [-0.39, 0.29) is 11.3 Å². The van der Waals surface area contributed by atoms with Gasteiger partial charge in [-0.05, 0) is 67.6 Å². The third-order valence-electron chi connectivity index (χ3n) is 14.6. The Morgan fingerprint density at radius 3 is 1.23 bits per heavy atom. The average molecular weight is 893 g/mol. The molecule has 0 fully saturated rings. The lowest BCUT2D eigenvalue weighted by atomic mass is 10.0. The van der Waals surface area contributed by atoms with Crippen molar-refractivity contribution in [3.8, 4) is 28.8 Å². The summed E-state index contributed by atoms with van der Waals surface area (Å²) in [4.78, 5) is 4.56. The molecule has 15 rings (SSSR count). The van der Waals surface area contributed by atoms with Crippen molar-refractivity contribution in [3.63, 3.8) is 0 Å². The molecule has 0 radical (unpaired) electrons. The molecule has 5 aromatic heterocycles. The van der Waals surface area contributed by atoms with E-state index in [0.717, 1.165) is 126 Å². The topological polar surface area (TPSA) is 61.0 Å². The molecule has 324 valence electrons. The Balaban J connectivity index is 1.29. The van der Waals surface area contributed by atoms with Crippen molar-refractivity contribution in [2.45, 2.75) is 6.92 Å². The Bertz CT molecular complexity index is 4720. The molecule has 0 N–H and O–H groups in total. The first-order valence-electron chi connectivity index (χ1n) is 23.4. The Labute approximate surface area is 399 Å². The molecule has 70 heavy (non-hydrogen) atoms. The molecule has 7 heteroatoms. The highest BCUT2D eigenvalue weighted by atomic mass is 16.3.